The number of hydrogen-bond acceptors (Lipinski definition) is 4. The number of carbonyl (C=O) groups excluding carboxylic acids is 3. The summed E-state index contributed by atoms with van der Waals surface area (Å²) in [5.74, 6) is -2.08. The first kappa shape index (κ1) is 20.7. The van der Waals surface area contributed by atoms with E-state index in [0.29, 0.717) is 16.7 Å². The fourth-order valence-corrected chi connectivity index (χ4v) is 2.63. The largest absolute Gasteiger partial charge is 0.507 e. The lowest BCUT2D eigenvalue weighted by atomic mass is 9.78. The highest BCUT2D eigenvalue weighted by Gasteiger charge is 2.29. The Morgan fingerprint density at radius 2 is 1.37 bits per heavy atom. The average Bonchev–Trinajstić information content (AvgIpc) is 3.33. The van der Waals surface area contributed by atoms with Crippen LogP contribution in [0.2, 0.25) is 0 Å². The van der Waals surface area contributed by atoms with Gasteiger partial charge >= 0.3 is 11.8 Å². The first-order valence-corrected chi connectivity index (χ1v) is 9.10. The molecule has 0 spiro atoms. The normalized spacial score (nSPS) is 14.4. The van der Waals surface area contributed by atoms with Crippen molar-refractivity contribution in [3.05, 3.63) is 28.8 Å². The standard InChI is InChI=1S/C20H29N3O4/c1-19(2,3)13-9-11(10-14(15(13)24)20(4,5)6)16(25)22-23-18(27)17(26)21-12-7-8-12/h9-10,12,24H,7-8H2,1-6H3,(H,21,26)(H,22,25)(H,23,27). The van der Waals surface area contributed by atoms with Crippen molar-refractivity contribution in [1.82, 2.24) is 16.2 Å². The number of aromatic hydroxyl groups is 1. The molecular formula is C20H29N3O4. The molecule has 7 nitrogen and oxygen atoms in total. The summed E-state index contributed by atoms with van der Waals surface area (Å²) in [6.07, 6.45) is 1.73. The summed E-state index contributed by atoms with van der Waals surface area (Å²) in [5, 5.41) is 13.2. The molecule has 0 radical (unpaired) electrons. The van der Waals surface area contributed by atoms with Gasteiger partial charge in [0, 0.05) is 22.7 Å². The molecule has 148 valence electrons. The Hall–Kier alpha value is -2.57. The lowest BCUT2D eigenvalue weighted by Gasteiger charge is -2.28. The summed E-state index contributed by atoms with van der Waals surface area (Å²) in [4.78, 5) is 36.0. The van der Waals surface area contributed by atoms with E-state index < -0.39 is 17.7 Å². The lowest BCUT2D eigenvalue weighted by molar-refractivity contribution is -0.139. The molecule has 0 heterocycles. The van der Waals surface area contributed by atoms with E-state index in [1.54, 1.807) is 12.1 Å². The van der Waals surface area contributed by atoms with Gasteiger partial charge < -0.3 is 10.4 Å². The van der Waals surface area contributed by atoms with Crippen LogP contribution in [0.5, 0.6) is 5.75 Å². The summed E-state index contributed by atoms with van der Waals surface area (Å²) in [7, 11) is 0. The number of carbonyl (C=O) groups is 3. The molecule has 27 heavy (non-hydrogen) atoms. The summed E-state index contributed by atoms with van der Waals surface area (Å²) < 4.78 is 0. The van der Waals surface area contributed by atoms with Crippen LogP contribution in [0.25, 0.3) is 0 Å². The second-order valence-corrected chi connectivity index (χ2v) is 9.08. The minimum atomic E-state index is -0.916. The van der Waals surface area contributed by atoms with Gasteiger partial charge in [-0.05, 0) is 35.8 Å². The van der Waals surface area contributed by atoms with Crippen LogP contribution in [0.15, 0.2) is 12.1 Å². The van der Waals surface area contributed by atoms with Crippen molar-refractivity contribution < 1.29 is 19.5 Å². The Bertz CT molecular complexity index is 733. The minimum Gasteiger partial charge on any atom is -0.507 e. The van der Waals surface area contributed by atoms with Gasteiger partial charge in [-0.15, -0.1) is 0 Å². The van der Waals surface area contributed by atoms with Crippen LogP contribution >= 0.6 is 0 Å². The number of hydrogen-bond donors (Lipinski definition) is 4. The molecule has 1 aliphatic rings. The third kappa shape index (κ3) is 5.21. The fourth-order valence-electron chi connectivity index (χ4n) is 2.63. The minimum absolute atomic E-state index is 0.0553. The molecule has 4 N–H and O–H groups in total. The Morgan fingerprint density at radius 3 is 1.78 bits per heavy atom. The Labute approximate surface area is 159 Å². The number of benzene rings is 1. The van der Waals surface area contributed by atoms with E-state index in [2.05, 4.69) is 16.2 Å². The van der Waals surface area contributed by atoms with E-state index in [1.165, 1.54) is 0 Å². The predicted octanol–water partition coefficient (Wildman–Crippen LogP) is 2.03. The van der Waals surface area contributed by atoms with E-state index >= 15 is 0 Å². The van der Waals surface area contributed by atoms with Crippen LogP contribution in [0, 0.1) is 0 Å². The molecule has 0 saturated heterocycles. The van der Waals surface area contributed by atoms with Crippen molar-refractivity contribution in [2.45, 2.75) is 71.3 Å². The van der Waals surface area contributed by atoms with Gasteiger partial charge in [-0.25, -0.2) is 0 Å². The molecule has 1 aliphatic carbocycles. The third-order valence-corrected chi connectivity index (χ3v) is 4.40. The van der Waals surface area contributed by atoms with Crippen molar-refractivity contribution in [1.29, 1.82) is 0 Å². The van der Waals surface area contributed by atoms with Gasteiger partial charge in [0.1, 0.15) is 5.75 Å². The van der Waals surface area contributed by atoms with Gasteiger partial charge in [0.15, 0.2) is 0 Å². The van der Waals surface area contributed by atoms with Crippen LogP contribution in [0.3, 0.4) is 0 Å². The monoisotopic (exact) mass is 375 g/mol. The van der Waals surface area contributed by atoms with E-state index in [4.69, 9.17) is 0 Å². The summed E-state index contributed by atoms with van der Waals surface area (Å²) in [5.41, 5.74) is 5.21. The van der Waals surface area contributed by atoms with Crippen molar-refractivity contribution in [2.24, 2.45) is 0 Å². The fraction of sp³-hybridized carbons (Fsp3) is 0.550. The molecule has 1 fully saturated rings. The highest BCUT2D eigenvalue weighted by atomic mass is 16.3. The lowest BCUT2D eigenvalue weighted by Crippen LogP contribution is -2.49. The molecule has 0 unspecified atom stereocenters. The van der Waals surface area contributed by atoms with Crippen molar-refractivity contribution in [2.75, 3.05) is 0 Å². The van der Waals surface area contributed by atoms with Gasteiger partial charge in [-0.3, -0.25) is 25.2 Å². The molecule has 1 aromatic rings. The zero-order valence-electron chi connectivity index (χ0n) is 16.8. The average molecular weight is 375 g/mol. The number of amides is 3. The van der Waals surface area contributed by atoms with Crippen LogP contribution in [0.1, 0.15) is 75.9 Å². The predicted molar refractivity (Wildman–Crippen MR) is 102 cm³/mol. The van der Waals surface area contributed by atoms with E-state index in [-0.39, 0.29) is 22.6 Å². The van der Waals surface area contributed by atoms with Crippen molar-refractivity contribution >= 4 is 17.7 Å². The van der Waals surface area contributed by atoms with Gasteiger partial charge in [-0.2, -0.15) is 0 Å². The molecule has 0 atom stereocenters. The zero-order chi connectivity index (χ0) is 20.6. The summed E-state index contributed by atoms with van der Waals surface area (Å²) in [6.45, 7) is 11.7. The number of phenolic OH excluding ortho intramolecular Hbond substituents is 1. The van der Waals surface area contributed by atoms with E-state index in [0.717, 1.165) is 12.8 Å². The van der Waals surface area contributed by atoms with Crippen LogP contribution in [0.4, 0.5) is 0 Å². The molecule has 0 bridgehead atoms. The molecule has 0 aromatic heterocycles. The van der Waals surface area contributed by atoms with Gasteiger partial charge in [0.2, 0.25) is 0 Å². The Balaban J connectivity index is 2.21. The van der Waals surface area contributed by atoms with Crippen LogP contribution in [-0.2, 0) is 20.4 Å². The Kier molecular flexibility index (Phi) is 5.54. The molecule has 2 rings (SSSR count). The number of nitrogens with one attached hydrogen (secondary N) is 3. The summed E-state index contributed by atoms with van der Waals surface area (Å²) >= 11 is 0. The number of phenols is 1. The molecule has 1 aromatic carbocycles. The highest BCUT2D eigenvalue weighted by molar-refractivity contribution is 6.35. The highest BCUT2D eigenvalue weighted by Crippen LogP contribution is 2.39. The SMILES string of the molecule is CC(C)(C)c1cc(C(=O)NNC(=O)C(=O)NC2CC2)cc(C(C)(C)C)c1O. The van der Waals surface area contributed by atoms with Gasteiger partial charge in [0.05, 0.1) is 0 Å². The third-order valence-electron chi connectivity index (χ3n) is 4.40. The molecule has 3 amide bonds. The van der Waals surface area contributed by atoms with Crippen LogP contribution < -0.4 is 16.2 Å². The maximum absolute atomic E-state index is 12.5. The second-order valence-electron chi connectivity index (χ2n) is 9.08. The molecule has 1 saturated carbocycles. The van der Waals surface area contributed by atoms with E-state index in [1.807, 2.05) is 41.5 Å². The number of hydrazine groups is 1. The number of rotatable bonds is 2. The maximum atomic E-state index is 12.5. The molecule has 7 heteroatoms. The van der Waals surface area contributed by atoms with Crippen LogP contribution in [-0.4, -0.2) is 28.9 Å². The van der Waals surface area contributed by atoms with Gasteiger partial charge in [0.25, 0.3) is 5.91 Å². The second kappa shape index (κ2) is 7.21. The zero-order valence-corrected chi connectivity index (χ0v) is 16.8. The first-order chi connectivity index (χ1) is 12.3. The van der Waals surface area contributed by atoms with Crippen molar-refractivity contribution in [3.8, 4) is 5.75 Å². The molecular weight excluding hydrogens is 346 g/mol. The topological polar surface area (TPSA) is 108 Å². The quantitative estimate of drug-likeness (QED) is 0.468. The Morgan fingerprint density at radius 1 is 0.889 bits per heavy atom. The van der Waals surface area contributed by atoms with E-state index in [9.17, 15) is 19.5 Å². The summed E-state index contributed by atoms with van der Waals surface area (Å²) in [6, 6.07) is 3.27. The van der Waals surface area contributed by atoms with Gasteiger partial charge in [-0.1, -0.05) is 41.5 Å². The smallest absolute Gasteiger partial charge is 0.327 e. The van der Waals surface area contributed by atoms with Crippen molar-refractivity contribution in [3.63, 3.8) is 0 Å². The maximum Gasteiger partial charge on any atom is 0.327 e. The molecule has 0 aliphatic heterocycles. The first-order valence-electron chi connectivity index (χ1n) is 9.10.